The lowest BCUT2D eigenvalue weighted by Crippen LogP contribution is -2.23. The van der Waals surface area contributed by atoms with Crippen molar-refractivity contribution in [2.75, 3.05) is 11.4 Å². The molecule has 0 atom stereocenters. The van der Waals surface area contributed by atoms with E-state index in [0.717, 1.165) is 22.8 Å². The average Bonchev–Trinajstić information content (AvgIpc) is 3.28. The molecule has 2 heterocycles. The van der Waals surface area contributed by atoms with Crippen molar-refractivity contribution in [2.24, 2.45) is 0 Å². The number of esters is 1. The normalized spacial score (nSPS) is 14.2. The Balaban J connectivity index is 1.38. The molecule has 1 aliphatic heterocycles. The predicted molar refractivity (Wildman–Crippen MR) is 101 cm³/mol. The minimum Gasteiger partial charge on any atom is -0.460 e. The molecule has 4 rings (SSSR count). The zero-order valence-electron chi connectivity index (χ0n) is 14.2. The summed E-state index contributed by atoms with van der Waals surface area (Å²) in [5, 5.41) is 4.70. The molecular weight excluding hydrogens is 348 g/mol. The molecule has 1 saturated heterocycles. The number of ether oxygens (including phenoxy) is 1. The summed E-state index contributed by atoms with van der Waals surface area (Å²) in [5.74, 6) is -0.216. The van der Waals surface area contributed by atoms with Gasteiger partial charge in [0.25, 0.3) is 0 Å². The van der Waals surface area contributed by atoms with E-state index in [1.165, 1.54) is 11.3 Å². The Morgan fingerprint density at radius 3 is 2.88 bits per heavy atom. The second kappa shape index (κ2) is 7.25. The third-order valence-corrected chi connectivity index (χ3v) is 5.35. The maximum Gasteiger partial charge on any atom is 0.312 e. The molecule has 1 amide bonds. The molecule has 0 saturated carbocycles. The molecule has 6 heteroatoms. The molecule has 1 fully saturated rings. The lowest BCUT2D eigenvalue weighted by molar-refractivity contribution is -0.144. The summed E-state index contributed by atoms with van der Waals surface area (Å²) in [6.45, 7) is 0.944. The number of aromatic nitrogens is 1. The van der Waals surface area contributed by atoms with Crippen LogP contribution in [-0.2, 0) is 27.4 Å². The molecule has 1 aliphatic rings. The monoisotopic (exact) mass is 366 g/mol. The molecule has 132 valence electrons. The molecule has 0 N–H and O–H groups in total. The largest absolute Gasteiger partial charge is 0.460 e. The number of hydrogen-bond donors (Lipinski definition) is 0. The van der Waals surface area contributed by atoms with E-state index < -0.39 is 0 Å². The zero-order chi connectivity index (χ0) is 17.9. The topological polar surface area (TPSA) is 59.5 Å². The quantitative estimate of drug-likeness (QED) is 0.646. The first-order chi connectivity index (χ1) is 12.7. The van der Waals surface area contributed by atoms with E-state index >= 15 is 0 Å². The van der Waals surface area contributed by atoms with Crippen LogP contribution in [0.1, 0.15) is 24.1 Å². The van der Waals surface area contributed by atoms with Crippen molar-refractivity contribution >= 4 is 39.1 Å². The van der Waals surface area contributed by atoms with Gasteiger partial charge >= 0.3 is 5.97 Å². The van der Waals surface area contributed by atoms with E-state index in [-0.39, 0.29) is 24.9 Å². The maximum atomic E-state index is 12.2. The fourth-order valence-electron chi connectivity index (χ4n) is 3.13. The predicted octanol–water partition coefficient (Wildman–Crippen LogP) is 3.71. The highest BCUT2D eigenvalue weighted by molar-refractivity contribution is 7.14. The molecule has 3 aromatic rings. The summed E-state index contributed by atoms with van der Waals surface area (Å²) >= 11 is 1.40. The van der Waals surface area contributed by atoms with Crippen LogP contribution in [0.4, 0.5) is 5.13 Å². The molecule has 2 aromatic carbocycles. The number of anilines is 1. The number of hydrogen-bond acceptors (Lipinski definition) is 5. The Hall–Kier alpha value is -2.73. The van der Waals surface area contributed by atoms with Crippen LogP contribution in [0, 0.1) is 0 Å². The number of benzene rings is 2. The minimum absolute atomic E-state index is 0.101. The lowest BCUT2D eigenvalue weighted by Gasteiger charge is -2.10. The van der Waals surface area contributed by atoms with Gasteiger partial charge in [0.2, 0.25) is 5.91 Å². The van der Waals surface area contributed by atoms with Crippen molar-refractivity contribution in [1.29, 1.82) is 0 Å². The zero-order valence-corrected chi connectivity index (χ0v) is 15.0. The molecule has 0 spiro atoms. The number of carbonyl (C=O) groups excluding carboxylic acids is 2. The standard InChI is InChI=1S/C20H18N2O3S/c23-18-9-4-10-22(18)20-21-16(13-26-20)11-19(24)25-12-15-7-3-6-14-5-1-2-8-17(14)15/h1-3,5-8,13H,4,9-12H2. The fraction of sp³-hybridized carbons (Fsp3) is 0.250. The van der Waals surface area contributed by atoms with Crippen molar-refractivity contribution in [1.82, 2.24) is 4.98 Å². The summed E-state index contributed by atoms with van der Waals surface area (Å²) in [7, 11) is 0. The molecule has 5 nitrogen and oxygen atoms in total. The van der Waals surface area contributed by atoms with Crippen LogP contribution < -0.4 is 4.90 Å². The van der Waals surface area contributed by atoms with Gasteiger partial charge in [-0.3, -0.25) is 14.5 Å². The van der Waals surface area contributed by atoms with Crippen molar-refractivity contribution in [3.05, 3.63) is 59.1 Å². The van der Waals surface area contributed by atoms with Gasteiger partial charge in [0, 0.05) is 18.3 Å². The van der Waals surface area contributed by atoms with E-state index in [4.69, 9.17) is 4.74 Å². The number of carbonyl (C=O) groups is 2. The minimum atomic E-state index is -0.317. The second-order valence-corrected chi connectivity index (χ2v) is 7.08. The van der Waals surface area contributed by atoms with Crippen molar-refractivity contribution < 1.29 is 14.3 Å². The van der Waals surface area contributed by atoms with Gasteiger partial charge in [-0.15, -0.1) is 11.3 Å². The molecule has 0 aliphatic carbocycles. The molecular formula is C20H18N2O3S. The van der Waals surface area contributed by atoms with Crippen LogP contribution in [0.15, 0.2) is 47.8 Å². The summed E-state index contributed by atoms with van der Waals surface area (Å²) in [6, 6.07) is 14.0. The summed E-state index contributed by atoms with van der Waals surface area (Å²) in [5.41, 5.74) is 1.63. The maximum absolute atomic E-state index is 12.2. The van der Waals surface area contributed by atoms with Crippen LogP contribution in [0.2, 0.25) is 0 Å². The van der Waals surface area contributed by atoms with Gasteiger partial charge < -0.3 is 4.74 Å². The first kappa shape index (κ1) is 16.7. The Morgan fingerprint density at radius 2 is 2.04 bits per heavy atom. The highest BCUT2D eigenvalue weighted by Gasteiger charge is 2.24. The Morgan fingerprint density at radius 1 is 1.19 bits per heavy atom. The van der Waals surface area contributed by atoms with E-state index in [9.17, 15) is 9.59 Å². The van der Waals surface area contributed by atoms with Gasteiger partial charge in [0.15, 0.2) is 5.13 Å². The number of fused-ring (bicyclic) bond motifs is 1. The summed E-state index contributed by atoms with van der Waals surface area (Å²) in [4.78, 5) is 30.1. The van der Waals surface area contributed by atoms with Crippen LogP contribution in [0.3, 0.4) is 0 Å². The van der Waals surface area contributed by atoms with E-state index in [1.54, 1.807) is 4.90 Å². The average molecular weight is 366 g/mol. The Kier molecular flexibility index (Phi) is 4.67. The second-order valence-electron chi connectivity index (χ2n) is 6.25. The van der Waals surface area contributed by atoms with Crippen molar-refractivity contribution in [3.63, 3.8) is 0 Å². The molecule has 0 bridgehead atoms. The van der Waals surface area contributed by atoms with Gasteiger partial charge in [-0.05, 0) is 22.8 Å². The molecule has 26 heavy (non-hydrogen) atoms. The van der Waals surface area contributed by atoms with Crippen LogP contribution >= 0.6 is 11.3 Å². The van der Waals surface area contributed by atoms with Gasteiger partial charge in [-0.25, -0.2) is 4.98 Å². The van der Waals surface area contributed by atoms with Gasteiger partial charge in [0.05, 0.1) is 12.1 Å². The SMILES string of the molecule is O=C(Cc1csc(N2CCCC2=O)n1)OCc1cccc2ccccc12. The van der Waals surface area contributed by atoms with Crippen molar-refractivity contribution in [3.8, 4) is 0 Å². The van der Waals surface area contributed by atoms with Crippen LogP contribution in [0.5, 0.6) is 0 Å². The summed E-state index contributed by atoms with van der Waals surface area (Å²) < 4.78 is 5.44. The highest BCUT2D eigenvalue weighted by atomic mass is 32.1. The van der Waals surface area contributed by atoms with Crippen molar-refractivity contribution in [2.45, 2.75) is 25.9 Å². The van der Waals surface area contributed by atoms with Gasteiger partial charge in [-0.1, -0.05) is 42.5 Å². The lowest BCUT2D eigenvalue weighted by atomic mass is 10.1. The third kappa shape index (κ3) is 3.46. The smallest absolute Gasteiger partial charge is 0.312 e. The third-order valence-electron chi connectivity index (χ3n) is 4.44. The first-order valence-electron chi connectivity index (χ1n) is 8.58. The van der Waals surface area contributed by atoms with Gasteiger partial charge in [0.1, 0.15) is 6.61 Å². The van der Waals surface area contributed by atoms with E-state index in [1.807, 2.05) is 47.8 Å². The molecule has 1 aromatic heterocycles. The van der Waals surface area contributed by atoms with E-state index in [2.05, 4.69) is 4.98 Å². The number of rotatable bonds is 5. The number of amides is 1. The van der Waals surface area contributed by atoms with Gasteiger partial charge in [-0.2, -0.15) is 0 Å². The number of thiazole rings is 1. The molecule has 0 unspecified atom stereocenters. The summed E-state index contributed by atoms with van der Waals surface area (Å²) in [6.07, 6.45) is 1.55. The van der Waals surface area contributed by atoms with Crippen LogP contribution in [0.25, 0.3) is 10.8 Å². The Labute approximate surface area is 155 Å². The van der Waals surface area contributed by atoms with Crippen LogP contribution in [-0.4, -0.2) is 23.4 Å². The first-order valence-corrected chi connectivity index (χ1v) is 9.46. The Bertz CT molecular complexity index is 961. The van der Waals surface area contributed by atoms with E-state index in [0.29, 0.717) is 23.8 Å². The number of nitrogens with zero attached hydrogens (tertiary/aromatic N) is 2. The fourth-order valence-corrected chi connectivity index (χ4v) is 4.00. The highest BCUT2D eigenvalue weighted by Crippen LogP contribution is 2.25. The molecule has 0 radical (unpaired) electrons.